The van der Waals surface area contributed by atoms with E-state index in [4.69, 9.17) is 5.11 Å². The number of aliphatic carboxylic acids is 1. The fourth-order valence-corrected chi connectivity index (χ4v) is 2.87. The first-order chi connectivity index (χ1) is 8.63. The summed E-state index contributed by atoms with van der Waals surface area (Å²) in [6, 6.07) is -0.728. The minimum Gasteiger partial charge on any atom is -0.480 e. The lowest BCUT2D eigenvalue weighted by molar-refractivity contribution is -0.142. The summed E-state index contributed by atoms with van der Waals surface area (Å²) in [6.45, 7) is 0. The van der Waals surface area contributed by atoms with Crippen molar-refractivity contribution in [2.45, 2.75) is 51.0 Å². The standard InChI is InChI=1S/C13H23NO3S/c1-18-8-7-11(13(16)17)14-12(15)9-10-5-3-2-4-6-10/h10-11H,2-9H2,1H3,(H,14,15)(H,16,17). The third-order valence-electron chi connectivity index (χ3n) is 3.44. The number of carbonyl (C=O) groups is 2. The molecule has 1 saturated carbocycles. The van der Waals surface area contributed by atoms with E-state index in [2.05, 4.69) is 5.32 Å². The Balaban J connectivity index is 2.32. The second-order valence-electron chi connectivity index (χ2n) is 4.95. The molecule has 0 spiro atoms. The molecule has 5 heteroatoms. The fraction of sp³-hybridized carbons (Fsp3) is 0.846. The molecule has 2 N–H and O–H groups in total. The van der Waals surface area contributed by atoms with Crippen LogP contribution in [0.1, 0.15) is 44.9 Å². The van der Waals surface area contributed by atoms with Gasteiger partial charge in [0, 0.05) is 6.42 Å². The third kappa shape index (κ3) is 5.76. The molecule has 1 atom stereocenters. The van der Waals surface area contributed by atoms with E-state index in [-0.39, 0.29) is 5.91 Å². The van der Waals surface area contributed by atoms with Gasteiger partial charge in [-0.05, 0) is 37.2 Å². The summed E-state index contributed by atoms with van der Waals surface area (Å²) in [6.07, 6.45) is 8.80. The number of carboxylic acid groups (broad SMARTS) is 1. The van der Waals surface area contributed by atoms with Gasteiger partial charge in [-0.2, -0.15) is 11.8 Å². The van der Waals surface area contributed by atoms with Crippen molar-refractivity contribution < 1.29 is 14.7 Å². The highest BCUT2D eigenvalue weighted by Crippen LogP contribution is 2.26. The van der Waals surface area contributed by atoms with Crippen molar-refractivity contribution >= 4 is 23.6 Å². The van der Waals surface area contributed by atoms with E-state index < -0.39 is 12.0 Å². The SMILES string of the molecule is CSCCC(NC(=O)CC1CCCCC1)C(=O)O. The van der Waals surface area contributed by atoms with Crippen LogP contribution in [0.3, 0.4) is 0 Å². The molecule has 0 radical (unpaired) electrons. The van der Waals surface area contributed by atoms with Crippen molar-refractivity contribution in [2.24, 2.45) is 5.92 Å². The Bertz CT molecular complexity index is 277. The molecule has 1 amide bonds. The van der Waals surface area contributed by atoms with Crippen molar-refractivity contribution in [1.82, 2.24) is 5.32 Å². The molecule has 0 aliphatic heterocycles. The van der Waals surface area contributed by atoms with Gasteiger partial charge in [-0.1, -0.05) is 19.3 Å². The van der Waals surface area contributed by atoms with E-state index >= 15 is 0 Å². The van der Waals surface area contributed by atoms with E-state index in [1.54, 1.807) is 11.8 Å². The molecule has 1 rings (SSSR count). The van der Waals surface area contributed by atoms with Crippen LogP contribution in [0.2, 0.25) is 0 Å². The third-order valence-corrected chi connectivity index (χ3v) is 4.09. The Morgan fingerprint density at radius 2 is 2.00 bits per heavy atom. The Labute approximate surface area is 113 Å². The van der Waals surface area contributed by atoms with Crippen LogP contribution in [0.5, 0.6) is 0 Å². The number of carboxylic acids is 1. The quantitative estimate of drug-likeness (QED) is 0.747. The average Bonchev–Trinajstić information content (AvgIpc) is 2.35. The predicted molar refractivity (Wildman–Crippen MR) is 73.8 cm³/mol. The number of amides is 1. The summed E-state index contributed by atoms with van der Waals surface area (Å²) in [5.74, 6) is 0.172. The highest BCUT2D eigenvalue weighted by molar-refractivity contribution is 7.98. The number of hydrogen-bond donors (Lipinski definition) is 2. The van der Waals surface area contributed by atoms with Crippen molar-refractivity contribution in [2.75, 3.05) is 12.0 Å². The van der Waals surface area contributed by atoms with Gasteiger partial charge >= 0.3 is 5.97 Å². The molecule has 4 nitrogen and oxygen atoms in total. The van der Waals surface area contributed by atoms with Gasteiger partial charge in [0.05, 0.1) is 0 Å². The summed E-state index contributed by atoms with van der Waals surface area (Å²) >= 11 is 1.60. The molecule has 104 valence electrons. The van der Waals surface area contributed by atoms with Crippen LogP contribution in [-0.4, -0.2) is 35.0 Å². The maximum absolute atomic E-state index is 11.8. The number of carbonyl (C=O) groups excluding carboxylic acids is 1. The first-order valence-corrected chi connectivity index (χ1v) is 8.04. The minimum absolute atomic E-state index is 0.101. The highest BCUT2D eigenvalue weighted by Gasteiger charge is 2.22. The zero-order chi connectivity index (χ0) is 13.4. The van der Waals surface area contributed by atoms with E-state index in [1.165, 1.54) is 19.3 Å². The number of rotatable bonds is 7. The van der Waals surface area contributed by atoms with E-state index in [0.29, 0.717) is 18.8 Å². The van der Waals surface area contributed by atoms with E-state index in [9.17, 15) is 9.59 Å². The van der Waals surface area contributed by atoms with Crippen molar-refractivity contribution in [3.05, 3.63) is 0 Å². The second-order valence-corrected chi connectivity index (χ2v) is 5.93. The lowest BCUT2D eigenvalue weighted by Crippen LogP contribution is -2.41. The van der Waals surface area contributed by atoms with Gasteiger partial charge in [-0.25, -0.2) is 4.79 Å². The van der Waals surface area contributed by atoms with Crippen molar-refractivity contribution in [3.8, 4) is 0 Å². The lowest BCUT2D eigenvalue weighted by Gasteiger charge is -2.22. The Kier molecular flexibility index (Phi) is 7.16. The maximum Gasteiger partial charge on any atom is 0.326 e. The molecule has 0 aromatic heterocycles. The van der Waals surface area contributed by atoms with Gasteiger partial charge in [0.2, 0.25) is 5.91 Å². The van der Waals surface area contributed by atoms with Gasteiger partial charge in [0.1, 0.15) is 6.04 Å². The van der Waals surface area contributed by atoms with Crippen LogP contribution in [0.4, 0.5) is 0 Å². The Hall–Kier alpha value is -0.710. The van der Waals surface area contributed by atoms with E-state index in [1.807, 2.05) is 6.26 Å². The van der Waals surface area contributed by atoms with Gasteiger partial charge < -0.3 is 10.4 Å². The fourth-order valence-electron chi connectivity index (χ4n) is 2.40. The number of hydrogen-bond acceptors (Lipinski definition) is 3. The summed E-state index contributed by atoms with van der Waals surface area (Å²) < 4.78 is 0. The minimum atomic E-state index is -0.930. The van der Waals surface area contributed by atoms with Gasteiger partial charge in [0.15, 0.2) is 0 Å². The monoisotopic (exact) mass is 273 g/mol. The highest BCUT2D eigenvalue weighted by atomic mass is 32.2. The van der Waals surface area contributed by atoms with Crippen LogP contribution >= 0.6 is 11.8 Å². The number of nitrogens with one attached hydrogen (secondary N) is 1. The summed E-state index contributed by atoms with van der Waals surface area (Å²) in [4.78, 5) is 22.8. The summed E-state index contributed by atoms with van der Waals surface area (Å²) in [5.41, 5.74) is 0. The molecule has 0 aromatic rings. The molecular formula is C13H23NO3S. The lowest BCUT2D eigenvalue weighted by atomic mass is 9.87. The molecule has 1 fully saturated rings. The van der Waals surface area contributed by atoms with Crippen LogP contribution < -0.4 is 5.32 Å². The molecule has 1 aliphatic rings. The Morgan fingerprint density at radius 3 is 2.56 bits per heavy atom. The second kappa shape index (κ2) is 8.40. The molecule has 18 heavy (non-hydrogen) atoms. The molecule has 1 aliphatic carbocycles. The van der Waals surface area contributed by atoms with E-state index in [0.717, 1.165) is 18.6 Å². The molecular weight excluding hydrogens is 250 g/mol. The number of thioether (sulfide) groups is 1. The molecule has 0 aromatic carbocycles. The zero-order valence-corrected chi connectivity index (χ0v) is 11.8. The zero-order valence-electron chi connectivity index (χ0n) is 11.0. The predicted octanol–water partition coefficient (Wildman–Crippen LogP) is 2.28. The normalized spacial score (nSPS) is 18.3. The van der Waals surface area contributed by atoms with Crippen molar-refractivity contribution in [3.63, 3.8) is 0 Å². The smallest absolute Gasteiger partial charge is 0.326 e. The van der Waals surface area contributed by atoms with Gasteiger partial charge in [0.25, 0.3) is 0 Å². The van der Waals surface area contributed by atoms with Gasteiger partial charge in [-0.15, -0.1) is 0 Å². The molecule has 1 unspecified atom stereocenters. The Morgan fingerprint density at radius 1 is 1.33 bits per heavy atom. The summed E-state index contributed by atoms with van der Waals surface area (Å²) in [7, 11) is 0. The molecule has 0 saturated heterocycles. The van der Waals surface area contributed by atoms with Crippen LogP contribution in [0.15, 0.2) is 0 Å². The van der Waals surface area contributed by atoms with Crippen molar-refractivity contribution in [1.29, 1.82) is 0 Å². The average molecular weight is 273 g/mol. The van der Waals surface area contributed by atoms with Crippen LogP contribution in [-0.2, 0) is 9.59 Å². The largest absolute Gasteiger partial charge is 0.480 e. The maximum atomic E-state index is 11.8. The van der Waals surface area contributed by atoms with Gasteiger partial charge in [-0.3, -0.25) is 4.79 Å². The topological polar surface area (TPSA) is 66.4 Å². The molecule has 0 heterocycles. The van der Waals surface area contributed by atoms with Crippen LogP contribution in [0, 0.1) is 5.92 Å². The summed E-state index contributed by atoms with van der Waals surface area (Å²) in [5, 5.41) is 11.7. The first-order valence-electron chi connectivity index (χ1n) is 6.64. The van der Waals surface area contributed by atoms with Crippen LogP contribution in [0.25, 0.3) is 0 Å². The molecule has 0 bridgehead atoms. The first kappa shape index (κ1) is 15.3.